The number of hydrogen-bond acceptors (Lipinski definition) is 6. The normalized spacial score (nSPS) is 14.7. The van der Waals surface area contributed by atoms with Gasteiger partial charge < -0.3 is 24.2 Å². The third-order valence-electron chi connectivity index (χ3n) is 5.68. The molecule has 0 radical (unpaired) electrons. The van der Waals surface area contributed by atoms with E-state index in [1.54, 1.807) is 14.2 Å². The van der Waals surface area contributed by atoms with Gasteiger partial charge in [-0.2, -0.15) is 0 Å². The Morgan fingerprint density at radius 1 is 1.17 bits per heavy atom. The Morgan fingerprint density at radius 2 is 1.90 bits per heavy atom. The number of hydrogen-bond donors (Lipinski definition) is 1. The zero-order valence-electron chi connectivity index (χ0n) is 17.8. The smallest absolute Gasteiger partial charge is 0.232 e. The molecule has 1 aromatic heterocycles. The van der Waals surface area contributed by atoms with Gasteiger partial charge in [0.15, 0.2) is 17.3 Å². The molecule has 1 aliphatic carbocycles. The summed E-state index contributed by atoms with van der Waals surface area (Å²) >= 11 is 0. The van der Waals surface area contributed by atoms with Gasteiger partial charge in [-0.05, 0) is 57.1 Å². The third kappa shape index (κ3) is 4.56. The van der Waals surface area contributed by atoms with Gasteiger partial charge in [-0.1, -0.05) is 19.0 Å². The third-order valence-corrected chi connectivity index (χ3v) is 5.68. The van der Waals surface area contributed by atoms with Gasteiger partial charge in [0.05, 0.1) is 25.3 Å². The van der Waals surface area contributed by atoms with Crippen LogP contribution in [0, 0.1) is 0 Å². The van der Waals surface area contributed by atoms with E-state index < -0.39 is 5.41 Å². The lowest BCUT2D eigenvalue weighted by molar-refractivity contribution is -0.123. The Balaban J connectivity index is 1.64. The lowest BCUT2D eigenvalue weighted by atomic mass is 10.00. The number of nitrogens with zero attached hydrogens (tertiary/aromatic N) is 2. The van der Waals surface area contributed by atoms with Crippen LogP contribution in [0.3, 0.4) is 0 Å². The first kappa shape index (κ1) is 21.2. The minimum atomic E-state index is -0.548. The molecule has 7 nitrogen and oxygen atoms in total. The molecule has 29 heavy (non-hydrogen) atoms. The van der Waals surface area contributed by atoms with Gasteiger partial charge in [0.25, 0.3) is 0 Å². The van der Waals surface area contributed by atoms with Gasteiger partial charge in [0.2, 0.25) is 5.91 Å². The average molecular weight is 402 g/mol. The van der Waals surface area contributed by atoms with Crippen molar-refractivity contribution in [2.75, 3.05) is 40.4 Å². The second kappa shape index (κ2) is 9.31. The molecular weight excluding hydrogens is 370 g/mol. The highest BCUT2D eigenvalue weighted by atomic mass is 16.5. The fraction of sp³-hybridized carbons (Fsp3) is 0.545. The Bertz CT molecular complexity index is 825. The van der Waals surface area contributed by atoms with Crippen LogP contribution in [0.25, 0.3) is 11.3 Å². The second-order valence-corrected chi connectivity index (χ2v) is 7.36. The Kier molecular flexibility index (Phi) is 6.79. The predicted molar refractivity (Wildman–Crippen MR) is 111 cm³/mol. The summed E-state index contributed by atoms with van der Waals surface area (Å²) in [7, 11) is 3.19. The molecular formula is C22H31N3O4. The van der Waals surface area contributed by atoms with Crippen LogP contribution in [0.5, 0.6) is 11.5 Å². The van der Waals surface area contributed by atoms with Crippen molar-refractivity contribution in [1.82, 2.24) is 15.4 Å². The number of rotatable bonds is 11. The van der Waals surface area contributed by atoms with Crippen molar-refractivity contribution in [2.45, 2.75) is 38.5 Å². The van der Waals surface area contributed by atoms with Crippen LogP contribution in [0.1, 0.15) is 38.8 Å². The highest BCUT2D eigenvalue weighted by molar-refractivity contribution is 5.91. The molecule has 7 heteroatoms. The fourth-order valence-electron chi connectivity index (χ4n) is 3.56. The van der Waals surface area contributed by atoms with Crippen molar-refractivity contribution < 1.29 is 18.8 Å². The van der Waals surface area contributed by atoms with Crippen molar-refractivity contribution in [2.24, 2.45) is 0 Å². The fourth-order valence-corrected chi connectivity index (χ4v) is 3.56. The van der Waals surface area contributed by atoms with E-state index in [1.807, 2.05) is 24.3 Å². The maximum absolute atomic E-state index is 12.8. The molecule has 1 aliphatic rings. The van der Waals surface area contributed by atoms with Crippen LogP contribution in [-0.2, 0) is 10.2 Å². The van der Waals surface area contributed by atoms with E-state index in [-0.39, 0.29) is 5.91 Å². The molecule has 1 N–H and O–H groups in total. The average Bonchev–Trinajstić information content (AvgIpc) is 3.42. The number of carbonyl (C=O) groups is 1. The molecule has 0 saturated heterocycles. The number of amides is 1. The van der Waals surface area contributed by atoms with Gasteiger partial charge in [0, 0.05) is 18.2 Å². The van der Waals surface area contributed by atoms with Gasteiger partial charge in [-0.15, -0.1) is 0 Å². The van der Waals surface area contributed by atoms with Crippen LogP contribution in [0.4, 0.5) is 0 Å². The molecule has 3 rings (SSSR count). The van der Waals surface area contributed by atoms with Crippen LogP contribution < -0.4 is 14.8 Å². The van der Waals surface area contributed by atoms with Gasteiger partial charge in [-0.3, -0.25) is 4.79 Å². The lowest BCUT2D eigenvalue weighted by Gasteiger charge is -2.18. The number of ether oxygens (including phenoxy) is 2. The molecule has 158 valence electrons. The first-order valence-corrected chi connectivity index (χ1v) is 10.3. The Morgan fingerprint density at radius 3 is 2.52 bits per heavy atom. The zero-order valence-corrected chi connectivity index (χ0v) is 17.8. The molecule has 1 fully saturated rings. The van der Waals surface area contributed by atoms with Gasteiger partial charge >= 0.3 is 0 Å². The number of nitrogens with one attached hydrogen (secondary N) is 1. The molecule has 0 unspecified atom stereocenters. The molecule has 2 aromatic rings. The molecule has 1 aromatic carbocycles. The minimum absolute atomic E-state index is 0.0456. The quantitative estimate of drug-likeness (QED) is 0.583. The zero-order chi connectivity index (χ0) is 20.9. The van der Waals surface area contributed by atoms with Crippen molar-refractivity contribution in [3.8, 4) is 22.8 Å². The summed E-state index contributed by atoms with van der Waals surface area (Å²) in [6.45, 7) is 8.05. The standard InChI is InChI=1S/C22H31N3O4/c1-5-25(6-2)13-7-12-23-21(26)22(10-11-22)20-15-18(29-24-20)16-8-9-17(27-3)19(14-16)28-4/h8-9,14-15H,5-7,10-13H2,1-4H3,(H,23,26). The number of carbonyl (C=O) groups excluding carboxylic acids is 1. The molecule has 1 saturated carbocycles. The SMILES string of the molecule is CCN(CC)CCCNC(=O)C1(c2cc(-c3ccc(OC)c(OC)c3)on2)CC1. The summed E-state index contributed by atoms with van der Waals surface area (Å²) in [4.78, 5) is 15.2. The maximum Gasteiger partial charge on any atom is 0.232 e. The summed E-state index contributed by atoms with van der Waals surface area (Å²) in [5.74, 6) is 1.93. The Labute approximate surface area is 172 Å². The van der Waals surface area contributed by atoms with Crippen molar-refractivity contribution in [3.63, 3.8) is 0 Å². The van der Waals surface area contributed by atoms with Gasteiger partial charge in [0.1, 0.15) is 0 Å². The monoisotopic (exact) mass is 401 g/mol. The summed E-state index contributed by atoms with van der Waals surface area (Å²) in [5.41, 5.74) is 0.980. The topological polar surface area (TPSA) is 76.8 Å². The van der Waals surface area contributed by atoms with E-state index in [1.165, 1.54) is 0 Å². The number of benzene rings is 1. The summed E-state index contributed by atoms with van der Waals surface area (Å²) in [6, 6.07) is 7.42. The summed E-state index contributed by atoms with van der Waals surface area (Å²) in [6.07, 6.45) is 2.54. The number of methoxy groups -OCH3 is 2. The van der Waals surface area contributed by atoms with Crippen molar-refractivity contribution in [1.29, 1.82) is 0 Å². The minimum Gasteiger partial charge on any atom is -0.493 e. The van der Waals surface area contributed by atoms with Crippen molar-refractivity contribution >= 4 is 5.91 Å². The van der Waals surface area contributed by atoms with Gasteiger partial charge in [-0.25, -0.2) is 0 Å². The summed E-state index contributed by atoms with van der Waals surface area (Å²) in [5, 5.41) is 7.30. The largest absolute Gasteiger partial charge is 0.493 e. The van der Waals surface area contributed by atoms with Crippen molar-refractivity contribution in [3.05, 3.63) is 30.0 Å². The first-order chi connectivity index (χ1) is 14.1. The molecule has 0 atom stereocenters. The first-order valence-electron chi connectivity index (χ1n) is 10.3. The number of aromatic nitrogens is 1. The molecule has 0 bridgehead atoms. The van der Waals surface area contributed by atoms with E-state index >= 15 is 0 Å². The van der Waals surface area contributed by atoms with E-state index in [4.69, 9.17) is 14.0 Å². The second-order valence-electron chi connectivity index (χ2n) is 7.36. The van der Waals surface area contributed by atoms with E-state index in [9.17, 15) is 4.79 Å². The summed E-state index contributed by atoms with van der Waals surface area (Å²) < 4.78 is 16.2. The molecule has 0 aliphatic heterocycles. The maximum atomic E-state index is 12.8. The van der Waals surface area contributed by atoms with Crippen LogP contribution in [-0.4, -0.2) is 56.4 Å². The Hall–Kier alpha value is -2.54. The highest BCUT2D eigenvalue weighted by Crippen LogP contribution is 2.48. The predicted octanol–water partition coefficient (Wildman–Crippen LogP) is 3.24. The molecule has 1 amide bonds. The van der Waals surface area contributed by atoms with E-state index in [2.05, 4.69) is 29.2 Å². The van der Waals surface area contributed by atoms with E-state index in [0.29, 0.717) is 29.5 Å². The highest BCUT2D eigenvalue weighted by Gasteiger charge is 2.53. The van der Waals surface area contributed by atoms with Crippen LogP contribution >= 0.6 is 0 Å². The molecule has 1 heterocycles. The molecule has 0 spiro atoms. The van der Waals surface area contributed by atoms with Crippen LogP contribution in [0.2, 0.25) is 0 Å². The van der Waals surface area contributed by atoms with E-state index in [0.717, 1.165) is 44.5 Å². The lowest BCUT2D eigenvalue weighted by Crippen LogP contribution is -2.36. The van der Waals surface area contributed by atoms with Crippen LogP contribution in [0.15, 0.2) is 28.8 Å².